The molecule has 0 saturated heterocycles. The summed E-state index contributed by atoms with van der Waals surface area (Å²) in [5, 5.41) is 10.5. The van der Waals surface area contributed by atoms with Crippen LogP contribution in [0.15, 0.2) is 35.2 Å². The Labute approximate surface area is 114 Å². The molecule has 0 aromatic heterocycles. The second-order valence-corrected chi connectivity index (χ2v) is 6.00. The van der Waals surface area contributed by atoms with Crippen molar-refractivity contribution in [1.82, 2.24) is 0 Å². The smallest absolute Gasteiger partial charge is 0.0699 e. The summed E-state index contributed by atoms with van der Waals surface area (Å²) in [7, 11) is 0. The molecule has 0 aliphatic carbocycles. The van der Waals surface area contributed by atoms with Gasteiger partial charge >= 0.3 is 0 Å². The van der Waals surface area contributed by atoms with Crippen molar-refractivity contribution in [3.63, 3.8) is 0 Å². The molecule has 1 N–H and O–H groups in total. The highest BCUT2D eigenvalue weighted by Crippen LogP contribution is 2.31. The van der Waals surface area contributed by atoms with Crippen LogP contribution < -0.4 is 0 Å². The molecule has 3 atom stereocenters. The molecular weight excluding hydrogens is 252 g/mol. The zero-order valence-electron chi connectivity index (χ0n) is 10.5. The number of rotatable bonds is 7. The molecule has 1 aromatic carbocycles. The van der Waals surface area contributed by atoms with E-state index >= 15 is 0 Å². The maximum Gasteiger partial charge on any atom is 0.0699 e. The van der Waals surface area contributed by atoms with Crippen LogP contribution in [0.3, 0.4) is 0 Å². The maximum atomic E-state index is 10.3. The van der Waals surface area contributed by atoms with Gasteiger partial charge in [0.1, 0.15) is 0 Å². The molecule has 0 spiro atoms. The lowest BCUT2D eigenvalue weighted by molar-refractivity contribution is 0.121. The molecule has 0 bridgehead atoms. The third-order valence-corrected chi connectivity index (χ3v) is 4.66. The van der Waals surface area contributed by atoms with Gasteiger partial charge in [0, 0.05) is 16.0 Å². The SMILES string of the molecule is CCC[C@H](Sc1ccccc1)[C@@H](O)[C@@H](C)CCl. The van der Waals surface area contributed by atoms with Gasteiger partial charge in [-0.1, -0.05) is 38.5 Å². The number of alkyl halides is 1. The molecule has 0 aliphatic rings. The van der Waals surface area contributed by atoms with Crippen LogP contribution in [0.4, 0.5) is 0 Å². The van der Waals surface area contributed by atoms with Crippen molar-refractivity contribution in [2.24, 2.45) is 5.92 Å². The van der Waals surface area contributed by atoms with Gasteiger partial charge in [0.25, 0.3) is 0 Å². The van der Waals surface area contributed by atoms with Gasteiger partial charge in [0.15, 0.2) is 0 Å². The monoisotopic (exact) mass is 272 g/mol. The van der Waals surface area contributed by atoms with E-state index in [9.17, 15) is 5.11 Å². The van der Waals surface area contributed by atoms with Crippen LogP contribution in [-0.4, -0.2) is 22.3 Å². The fourth-order valence-corrected chi connectivity index (χ4v) is 3.32. The fourth-order valence-electron chi connectivity index (χ4n) is 1.72. The number of hydrogen-bond donors (Lipinski definition) is 1. The van der Waals surface area contributed by atoms with Gasteiger partial charge in [-0.3, -0.25) is 0 Å². The molecular formula is C14H21ClOS. The van der Waals surface area contributed by atoms with Gasteiger partial charge in [-0.05, 0) is 24.5 Å². The normalized spacial score (nSPS) is 16.5. The summed E-state index contributed by atoms with van der Waals surface area (Å²) in [6, 6.07) is 10.2. The summed E-state index contributed by atoms with van der Waals surface area (Å²) in [5.74, 6) is 0.654. The Morgan fingerprint density at radius 1 is 1.29 bits per heavy atom. The third-order valence-electron chi connectivity index (χ3n) is 2.81. The second kappa shape index (κ2) is 8.02. The van der Waals surface area contributed by atoms with E-state index in [0.717, 1.165) is 12.8 Å². The van der Waals surface area contributed by atoms with Crippen LogP contribution in [0.2, 0.25) is 0 Å². The number of thioether (sulfide) groups is 1. The number of halogens is 1. The quantitative estimate of drug-likeness (QED) is 0.593. The average molecular weight is 273 g/mol. The van der Waals surface area contributed by atoms with Crippen LogP contribution in [0, 0.1) is 5.92 Å². The first kappa shape index (κ1) is 14.9. The Morgan fingerprint density at radius 3 is 2.47 bits per heavy atom. The molecule has 0 radical (unpaired) electrons. The van der Waals surface area contributed by atoms with Gasteiger partial charge in [-0.2, -0.15) is 0 Å². The highest BCUT2D eigenvalue weighted by molar-refractivity contribution is 8.00. The minimum Gasteiger partial charge on any atom is -0.392 e. The molecule has 1 rings (SSSR count). The highest BCUT2D eigenvalue weighted by atomic mass is 35.5. The fraction of sp³-hybridized carbons (Fsp3) is 0.571. The molecule has 0 saturated carbocycles. The van der Waals surface area contributed by atoms with E-state index in [-0.39, 0.29) is 17.3 Å². The summed E-state index contributed by atoms with van der Waals surface area (Å²) < 4.78 is 0. The zero-order valence-corrected chi connectivity index (χ0v) is 12.0. The van der Waals surface area contributed by atoms with E-state index in [1.165, 1.54) is 4.90 Å². The summed E-state index contributed by atoms with van der Waals surface area (Å²) in [4.78, 5) is 1.21. The molecule has 96 valence electrons. The summed E-state index contributed by atoms with van der Waals surface area (Å²) in [6.45, 7) is 4.16. The average Bonchev–Trinajstić information content (AvgIpc) is 2.37. The molecule has 0 heterocycles. The van der Waals surface area contributed by atoms with Gasteiger partial charge in [-0.25, -0.2) is 0 Å². The highest BCUT2D eigenvalue weighted by Gasteiger charge is 2.24. The second-order valence-electron chi connectivity index (χ2n) is 4.38. The summed E-state index contributed by atoms with van der Waals surface area (Å²) in [6.07, 6.45) is 1.76. The molecule has 0 fully saturated rings. The number of aliphatic hydroxyl groups is 1. The Balaban J connectivity index is 2.66. The largest absolute Gasteiger partial charge is 0.392 e. The number of benzene rings is 1. The minimum atomic E-state index is -0.336. The first-order chi connectivity index (χ1) is 8.19. The van der Waals surface area contributed by atoms with Crippen molar-refractivity contribution in [3.8, 4) is 0 Å². The lowest BCUT2D eigenvalue weighted by atomic mass is 10.0. The third kappa shape index (κ3) is 4.90. The van der Waals surface area contributed by atoms with Crippen molar-refractivity contribution >= 4 is 23.4 Å². The first-order valence-corrected chi connectivity index (χ1v) is 7.56. The molecule has 1 aromatic rings. The van der Waals surface area contributed by atoms with Crippen molar-refractivity contribution in [2.75, 3.05) is 5.88 Å². The van der Waals surface area contributed by atoms with Crippen molar-refractivity contribution in [1.29, 1.82) is 0 Å². The van der Waals surface area contributed by atoms with Gasteiger partial charge < -0.3 is 5.11 Å². The van der Waals surface area contributed by atoms with Gasteiger partial charge in [-0.15, -0.1) is 23.4 Å². The van der Waals surface area contributed by atoms with E-state index in [2.05, 4.69) is 19.1 Å². The lowest BCUT2D eigenvalue weighted by Crippen LogP contribution is -2.30. The predicted molar refractivity (Wildman–Crippen MR) is 76.9 cm³/mol. The number of hydrogen-bond acceptors (Lipinski definition) is 2. The van der Waals surface area contributed by atoms with Gasteiger partial charge in [0.2, 0.25) is 0 Å². The Bertz CT molecular complexity index is 304. The molecule has 0 unspecified atom stereocenters. The molecule has 17 heavy (non-hydrogen) atoms. The molecule has 0 aliphatic heterocycles. The maximum absolute atomic E-state index is 10.3. The molecule has 0 amide bonds. The molecule has 3 heteroatoms. The van der Waals surface area contributed by atoms with Crippen molar-refractivity contribution in [2.45, 2.75) is 42.9 Å². The Kier molecular flexibility index (Phi) is 7.02. The van der Waals surface area contributed by atoms with Crippen LogP contribution in [0.1, 0.15) is 26.7 Å². The zero-order chi connectivity index (χ0) is 12.7. The Morgan fingerprint density at radius 2 is 1.94 bits per heavy atom. The first-order valence-electron chi connectivity index (χ1n) is 6.14. The van der Waals surface area contributed by atoms with Crippen LogP contribution in [-0.2, 0) is 0 Å². The number of aliphatic hydroxyl groups excluding tert-OH is 1. The topological polar surface area (TPSA) is 20.2 Å². The van der Waals surface area contributed by atoms with E-state index in [4.69, 9.17) is 11.6 Å². The van der Waals surface area contributed by atoms with E-state index < -0.39 is 0 Å². The van der Waals surface area contributed by atoms with Gasteiger partial charge in [0.05, 0.1) is 6.10 Å². The van der Waals surface area contributed by atoms with E-state index in [0.29, 0.717) is 5.88 Å². The summed E-state index contributed by atoms with van der Waals surface area (Å²) in [5.41, 5.74) is 0. The lowest BCUT2D eigenvalue weighted by Gasteiger charge is -2.26. The molecule has 1 nitrogen and oxygen atoms in total. The van der Waals surface area contributed by atoms with E-state index in [1.54, 1.807) is 11.8 Å². The predicted octanol–water partition coefficient (Wildman–Crippen LogP) is 4.18. The van der Waals surface area contributed by atoms with Crippen LogP contribution in [0.5, 0.6) is 0 Å². The standard InChI is InChI=1S/C14H21ClOS/c1-3-7-13(14(16)11(2)10-15)17-12-8-5-4-6-9-12/h4-6,8-9,11,13-14,16H,3,7,10H2,1-2H3/t11-,13-,14-/m0/s1. The van der Waals surface area contributed by atoms with Crippen molar-refractivity contribution < 1.29 is 5.11 Å². The van der Waals surface area contributed by atoms with Crippen LogP contribution in [0.25, 0.3) is 0 Å². The summed E-state index contributed by atoms with van der Waals surface area (Å²) >= 11 is 7.58. The van der Waals surface area contributed by atoms with E-state index in [1.807, 2.05) is 25.1 Å². The minimum absolute atomic E-state index is 0.143. The van der Waals surface area contributed by atoms with Crippen molar-refractivity contribution in [3.05, 3.63) is 30.3 Å². The van der Waals surface area contributed by atoms with Crippen LogP contribution >= 0.6 is 23.4 Å². The Hall–Kier alpha value is -0.180.